The molecule has 1 aromatic heterocycles. The van der Waals surface area contributed by atoms with Crippen LogP contribution in [-0.4, -0.2) is 18.6 Å². The number of sulfonamides is 1. The Morgan fingerprint density at radius 1 is 1.36 bits per heavy atom. The number of hydrogen-bond acceptors (Lipinski definition) is 4. The fourth-order valence-electron chi connectivity index (χ4n) is 0.961. The molecule has 0 saturated heterocycles. The molecule has 6 heteroatoms. The number of rotatable bonds is 0. The molecule has 58 valence electrons. The van der Waals surface area contributed by atoms with Gasteiger partial charge in [-0.15, -0.1) is 0 Å². The van der Waals surface area contributed by atoms with Gasteiger partial charge in [-0.2, -0.15) is 10.2 Å². The Kier molecular flexibility index (Phi) is 1.21. The molecule has 1 aromatic rings. The van der Waals surface area contributed by atoms with Gasteiger partial charge in [-0.3, -0.25) is 0 Å². The monoisotopic (exact) mass is 171 g/mol. The van der Waals surface area contributed by atoms with Crippen molar-refractivity contribution in [1.82, 2.24) is 14.9 Å². The summed E-state index contributed by atoms with van der Waals surface area (Å²) in [5.41, 5.74) is 0.681. The minimum atomic E-state index is -3.26. The number of nitrogens with zero attached hydrogens (tertiary/aromatic N) is 2. The van der Waals surface area contributed by atoms with Gasteiger partial charge < -0.3 is 0 Å². The van der Waals surface area contributed by atoms with Crippen LogP contribution < -0.4 is 4.72 Å². The van der Waals surface area contributed by atoms with Crippen LogP contribution in [0.25, 0.3) is 0 Å². The number of nitrogens with one attached hydrogen (secondary N) is 1. The fraction of sp³-hybridized carbons (Fsp3) is 0.200. The third-order valence-corrected chi connectivity index (χ3v) is 2.98. The molecule has 0 saturated carbocycles. The van der Waals surface area contributed by atoms with E-state index in [-0.39, 0.29) is 4.90 Å². The number of hydrogen-bond donors (Lipinski definition) is 1. The summed E-state index contributed by atoms with van der Waals surface area (Å²) in [6.45, 7) is 0.327. The highest BCUT2D eigenvalue weighted by Gasteiger charge is 2.25. The van der Waals surface area contributed by atoms with Crippen molar-refractivity contribution in [3.05, 3.63) is 18.0 Å². The second-order valence-electron chi connectivity index (χ2n) is 2.20. The summed E-state index contributed by atoms with van der Waals surface area (Å²) < 4.78 is 24.5. The van der Waals surface area contributed by atoms with Crippen LogP contribution in [-0.2, 0) is 16.6 Å². The highest BCUT2D eigenvalue weighted by Crippen LogP contribution is 2.18. The molecule has 2 heterocycles. The van der Waals surface area contributed by atoms with E-state index in [0.717, 1.165) is 0 Å². The van der Waals surface area contributed by atoms with Crippen molar-refractivity contribution in [2.45, 2.75) is 11.4 Å². The van der Waals surface area contributed by atoms with Crippen molar-refractivity contribution in [3.8, 4) is 0 Å². The Balaban J connectivity index is 2.75. The molecule has 1 N–H and O–H groups in total. The molecule has 0 fully saturated rings. The maximum Gasteiger partial charge on any atom is 0.242 e. The summed E-state index contributed by atoms with van der Waals surface area (Å²) in [6.07, 6.45) is 2.71. The van der Waals surface area contributed by atoms with E-state index in [0.29, 0.717) is 12.1 Å². The Morgan fingerprint density at radius 2 is 2.09 bits per heavy atom. The lowest BCUT2D eigenvalue weighted by Gasteiger charge is -1.91. The first kappa shape index (κ1) is 6.68. The molecule has 0 aromatic carbocycles. The van der Waals surface area contributed by atoms with E-state index in [2.05, 4.69) is 14.9 Å². The van der Waals surface area contributed by atoms with Crippen molar-refractivity contribution in [2.75, 3.05) is 0 Å². The fourth-order valence-corrected chi connectivity index (χ4v) is 2.12. The van der Waals surface area contributed by atoms with Crippen molar-refractivity contribution < 1.29 is 8.42 Å². The minimum Gasteiger partial charge on any atom is -0.207 e. The predicted octanol–water partition coefficient (Wildman–Crippen LogP) is -0.732. The summed E-state index contributed by atoms with van der Waals surface area (Å²) in [5.74, 6) is 0. The highest BCUT2D eigenvalue weighted by atomic mass is 32.2. The van der Waals surface area contributed by atoms with E-state index < -0.39 is 10.0 Å². The lowest BCUT2D eigenvalue weighted by atomic mass is 10.3. The zero-order chi connectivity index (χ0) is 7.90. The van der Waals surface area contributed by atoms with Gasteiger partial charge in [0, 0.05) is 12.1 Å². The largest absolute Gasteiger partial charge is 0.242 e. The topological polar surface area (TPSA) is 72.0 Å². The highest BCUT2D eigenvalue weighted by molar-refractivity contribution is 7.89. The second kappa shape index (κ2) is 1.99. The average molecular weight is 171 g/mol. The minimum absolute atomic E-state index is 0.243. The summed E-state index contributed by atoms with van der Waals surface area (Å²) in [7, 11) is -3.26. The van der Waals surface area contributed by atoms with Gasteiger partial charge in [0.25, 0.3) is 0 Å². The SMILES string of the molecule is O=S1(=O)NCc2cnncc21. The van der Waals surface area contributed by atoms with E-state index in [1.807, 2.05) is 0 Å². The summed E-state index contributed by atoms with van der Waals surface area (Å²) in [5, 5.41) is 7.05. The third kappa shape index (κ3) is 0.908. The Hall–Kier alpha value is -1.01. The maximum absolute atomic E-state index is 11.1. The Bertz CT molecular complexity index is 386. The van der Waals surface area contributed by atoms with Gasteiger partial charge in [-0.05, 0) is 0 Å². The lowest BCUT2D eigenvalue weighted by Crippen LogP contribution is -2.13. The van der Waals surface area contributed by atoms with Crippen molar-refractivity contribution in [1.29, 1.82) is 0 Å². The van der Waals surface area contributed by atoms with Crippen LogP contribution in [0.1, 0.15) is 5.56 Å². The van der Waals surface area contributed by atoms with E-state index >= 15 is 0 Å². The predicted molar refractivity (Wildman–Crippen MR) is 36.1 cm³/mol. The molecule has 0 radical (unpaired) electrons. The van der Waals surface area contributed by atoms with Crippen LogP contribution >= 0.6 is 0 Å². The van der Waals surface area contributed by atoms with Crippen LogP contribution in [0.4, 0.5) is 0 Å². The zero-order valence-electron chi connectivity index (χ0n) is 5.48. The smallest absolute Gasteiger partial charge is 0.207 e. The maximum atomic E-state index is 11.1. The van der Waals surface area contributed by atoms with E-state index in [4.69, 9.17) is 0 Å². The second-order valence-corrected chi connectivity index (χ2v) is 3.94. The van der Waals surface area contributed by atoms with Crippen LogP contribution in [0.2, 0.25) is 0 Å². The molecule has 1 aliphatic heterocycles. The molecule has 1 aliphatic rings. The van der Waals surface area contributed by atoms with Gasteiger partial charge in [-0.25, -0.2) is 13.1 Å². The molecular weight excluding hydrogens is 166 g/mol. The van der Waals surface area contributed by atoms with Crippen molar-refractivity contribution in [3.63, 3.8) is 0 Å². The lowest BCUT2D eigenvalue weighted by molar-refractivity contribution is 0.589. The molecule has 0 spiro atoms. The molecule has 0 amide bonds. The molecule has 5 nitrogen and oxygen atoms in total. The average Bonchev–Trinajstić information content (AvgIpc) is 2.29. The first-order chi connectivity index (χ1) is 5.20. The van der Waals surface area contributed by atoms with Crippen LogP contribution in [0, 0.1) is 0 Å². The summed E-state index contributed by atoms with van der Waals surface area (Å²) in [4.78, 5) is 0.243. The first-order valence-electron chi connectivity index (χ1n) is 2.99. The van der Waals surface area contributed by atoms with Crippen molar-refractivity contribution in [2.24, 2.45) is 0 Å². The normalized spacial score (nSPS) is 19.6. The van der Waals surface area contributed by atoms with Gasteiger partial charge in [0.05, 0.1) is 12.4 Å². The molecule has 11 heavy (non-hydrogen) atoms. The van der Waals surface area contributed by atoms with Crippen molar-refractivity contribution >= 4 is 10.0 Å². The van der Waals surface area contributed by atoms with Gasteiger partial charge in [0.2, 0.25) is 10.0 Å². The number of aromatic nitrogens is 2. The standard InChI is InChI=1S/C5H5N3O2S/c9-11(10)5-3-7-6-1-4(5)2-8-11/h1,3,8H,2H2. The zero-order valence-corrected chi connectivity index (χ0v) is 6.30. The van der Waals surface area contributed by atoms with Crippen LogP contribution in [0.15, 0.2) is 17.3 Å². The van der Waals surface area contributed by atoms with E-state index in [9.17, 15) is 8.42 Å². The summed E-state index contributed by atoms with van der Waals surface area (Å²) >= 11 is 0. The van der Waals surface area contributed by atoms with Gasteiger partial charge in [0.1, 0.15) is 4.90 Å². The van der Waals surface area contributed by atoms with E-state index in [1.165, 1.54) is 12.4 Å². The molecular formula is C5H5N3O2S. The Morgan fingerprint density at radius 3 is 2.82 bits per heavy atom. The molecule has 0 atom stereocenters. The van der Waals surface area contributed by atoms with E-state index in [1.54, 1.807) is 0 Å². The third-order valence-electron chi connectivity index (χ3n) is 1.51. The number of fused-ring (bicyclic) bond motifs is 1. The molecule has 0 bridgehead atoms. The van der Waals surface area contributed by atoms with Gasteiger partial charge >= 0.3 is 0 Å². The Labute approximate surface area is 63.5 Å². The molecule has 0 aliphatic carbocycles. The molecule has 0 unspecified atom stereocenters. The van der Waals surface area contributed by atoms with Gasteiger partial charge in [0.15, 0.2) is 0 Å². The summed E-state index contributed by atoms with van der Waals surface area (Å²) in [6, 6.07) is 0. The van der Waals surface area contributed by atoms with Crippen LogP contribution in [0.5, 0.6) is 0 Å². The first-order valence-corrected chi connectivity index (χ1v) is 4.48. The van der Waals surface area contributed by atoms with Gasteiger partial charge in [-0.1, -0.05) is 0 Å². The van der Waals surface area contributed by atoms with Crippen LogP contribution in [0.3, 0.4) is 0 Å². The quantitative estimate of drug-likeness (QED) is 0.558. The molecule has 2 rings (SSSR count).